The molecule has 0 unspecified atom stereocenters. The smallest absolute Gasteiger partial charge is 0.174 e. The number of nitrogens with zero attached hydrogens (tertiary/aromatic N) is 3. The number of halogens is 2. The molecule has 4 heterocycles. The first-order valence-electron chi connectivity index (χ1n) is 11.2. The Morgan fingerprint density at radius 1 is 1.12 bits per heavy atom. The van der Waals surface area contributed by atoms with Gasteiger partial charge in [0, 0.05) is 29.9 Å². The average molecular weight is 562 g/mol. The molecule has 0 amide bonds. The van der Waals surface area contributed by atoms with Crippen LogP contribution in [0.25, 0.3) is 0 Å². The second kappa shape index (κ2) is 9.53. The second-order valence-electron chi connectivity index (χ2n) is 9.13. The zero-order chi connectivity index (χ0) is 23.1. The van der Waals surface area contributed by atoms with Gasteiger partial charge in [-0.05, 0) is 88.9 Å². The van der Waals surface area contributed by atoms with E-state index >= 15 is 0 Å². The molecule has 3 aromatic rings. The molecular formula is C25H26BrClN4S2. The fourth-order valence-electron chi connectivity index (χ4n) is 5.17. The van der Waals surface area contributed by atoms with Crippen LogP contribution in [0.3, 0.4) is 0 Å². The van der Waals surface area contributed by atoms with Gasteiger partial charge in [0.2, 0.25) is 0 Å². The first-order chi connectivity index (χ1) is 15.9. The SMILES string of the molecule is C[C@@H]1C[C@H](C)CN(c2ccc(N3C(=S)N[C@@H](c4ccccn4)[C@@H]3c3ccc(Br)s3)cc2Cl)C1. The second-order valence-corrected chi connectivity index (χ2v) is 12.4. The molecule has 2 saturated heterocycles. The van der Waals surface area contributed by atoms with Gasteiger partial charge in [0.05, 0.1) is 32.3 Å². The van der Waals surface area contributed by atoms with Crippen molar-refractivity contribution in [3.8, 4) is 0 Å². The van der Waals surface area contributed by atoms with Crippen molar-refractivity contribution in [3.63, 3.8) is 0 Å². The number of aromatic nitrogens is 1. The molecule has 172 valence electrons. The Hall–Kier alpha value is -1.67. The molecule has 5 rings (SSSR count). The summed E-state index contributed by atoms with van der Waals surface area (Å²) in [5.74, 6) is 1.33. The maximum atomic E-state index is 6.89. The first-order valence-corrected chi connectivity index (χ1v) is 13.6. The quantitative estimate of drug-likeness (QED) is 0.340. The zero-order valence-corrected chi connectivity index (χ0v) is 22.5. The number of hydrogen-bond donors (Lipinski definition) is 1. The number of piperidine rings is 1. The lowest BCUT2D eigenvalue weighted by Crippen LogP contribution is -2.38. The molecule has 2 fully saturated rings. The lowest BCUT2D eigenvalue weighted by molar-refractivity contribution is 0.357. The minimum atomic E-state index is -0.0495. The molecular weight excluding hydrogens is 536 g/mol. The number of hydrogen-bond acceptors (Lipinski definition) is 4. The molecule has 1 N–H and O–H groups in total. The van der Waals surface area contributed by atoms with Crippen LogP contribution in [0.15, 0.2) is 58.5 Å². The molecule has 4 atom stereocenters. The molecule has 1 aromatic carbocycles. The fraction of sp³-hybridized carbons (Fsp3) is 0.360. The van der Waals surface area contributed by atoms with Crippen LogP contribution in [-0.2, 0) is 0 Å². The highest BCUT2D eigenvalue weighted by molar-refractivity contribution is 9.11. The predicted molar refractivity (Wildman–Crippen MR) is 147 cm³/mol. The standard InChI is InChI=1S/C25H26BrClN4S2/c1-15-11-16(2)14-30(13-15)20-7-6-17(12-18(20)27)31-24(21-8-9-22(26)33-21)23(29-25(31)32)19-5-3-4-10-28-19/h3-10,12,15-16,23-24H,11,13-14H2,1-2H3,(H,29,32)/t15-,16+,23-,24-/m0/s1. The van der Waals surface area contributed by atoms with E-state index in [1.54, 1.807) is 11.3 Å². The summed E-state index contributed by atoms with van der Waals surface area (Å²) in [6.07, 6.45) is 3.10. The number of benzene rings is 1. The van der Waals surface area contributed by atoms with Gasteiger partial charge < -0.3 is 15.1 Å². The average Bonchev–Trinajstić information content (AvgIpc) is 3.36. The minimum Gasteiger partial charge on any atom is -0.370 e. The van der Waals surface area contributed by atoms with Gasteiger partial charge in [0.1, 0.15) is 0 Å². The van der Waals surface area contributed by atoms with Gasteiger partial charge in [-0.15, -0.1) is 11.3 Å². The predicted octanol–water partition coefficient (Wildman–Crippen LogP) is 7.22. The van der Waals surface area contributed by atoms with E-state index in [4.69, 9.17) is 23.8 Å². The van der Waals surface area contributed by atoms with E-state index in [1.807, 2.05) is 24.4 Å². The Bertz CT molecular complexity index is 1140. The highest BCUT2D eigenvalue weighted by Gasteiger charge is 2.41. The highest BCUT2D eigenvalue weighted by Crippen LogP contribution is 2.45. The molecule has 0 bridgehead atoms. The van der Waals surface area contributed by atoms with Crippen LogP contribution < -0.4 is 15.1 Å². The van der Waals surface area contributed by atoms with Gasteiger partial charge in [-0.25, -0.2) is 0 Å². The Labute approximate surface area is 218 Å². The highest BCUT2D eigenvalue weighted by atomic mass is 79.9. The summed E-state index contributed by atoms with van der Waals surface area (Å²) in [6, 6.07) is 16.5. The van der Waals surface area contributed by atoms with Crippen LogP contribution in [0.4, 0.5) is 11.4 Å². The monoisotopic (exact) mass is 560 g/mol. The Morgan fingerprint density at radius 2 is 1.91 bits per heavy atom. The molecule has 0 aliphatic carbocycles. The lowest BCUT2D eigenvalue weighted by Gasteiger charge is -2.37. The largest absolute Gasteiger partial charge is 0.370 e. The number of anilines is 2. The van der Waals surface area contributed by atoms with Gasteiger partial charge in [0.25, 0.3) is 0 Å². The molecule has 2 aromatic heterocycles. The van der Waals surface area contributed by atoms with Crippen LogP contribution in [-0.4, -0.2) is 23.2 Å². The van der Waals surface area contributed by atoms with Gasteiger partial charge in [-0.1, -0.05) is 31.5 Å². The third-order valence-corrected chi connectivity index (χ3v) is 8.71. The maximum absolute atomic E-state index is 6.89. The van der Waals surface area contributed by atoms with Crippen molar-refractivity contribution < 1.29 is 0 Å². The topological polar surface area (TPSA) is 31.4 Å². The van der Waals surface area contributed by atoms with Crippen molar-refractivity contribution in [2.24, 2.45) is 11.8 Å². The van der Waals surface area contributed by atoms with Crippen LogP contribution in [0.5, 0.6) is 0 Å². The van der Waals surface area contributed by atoms with Crippen LogP contribution in [0, 0.1) is 11.8 Å². The first kappa shape index (κ1) is 23.1. The maximum Gasteiger partial charge on any atom is 0.174 e. The summed E-state index contributed by atoms with van der Waals surface area (Å²) in [5, 5.41) is 4.97. The summed E-state index contributed by atoms with van der Waals surface area (Å²) >= 11 is 18.1. The molecule has 33 heavy (non-hydrogen) atoms. The van der Waals surface area contributed by atoms with E-state index in [-0.39, 0.29) is 12.1 Å². The molecule has 0 saturated carbocycles. The number of thiocarbonyl (C=S) groups is 1. The summed E-state index contributed by atoms with van der Waals surface area (Å²) in [7, 11) is 0. The van der Waals surface area contributed by atoms with Crippen molar-refractivity contribution in [2.45, 2.75) is 32.4 Å². The number of pyridine rings is 1. The van der Waals surface area contributed by atoms with Crippen LogP contribution in [0.1, 0.15) is 42.9 Å². The summed E-state index contributed by atoms with van der Waals surface area (Å²) < 4.78 is 1.09. The zero-order valence-electron chi connectivity index (χ0n) is 18.5. The van der Waals surface area contributed by atoms with Crippen LogP contribution >= 0.6 is 51.1 Å². The third kappa shape index (κ3) is 4.65. The van der Waals surface area contributed by atoms with Gasteiger partial charge >= 0.3 is 0 Å². The van der Waals surface area contributed by atoms with Crippen molar-refractivity contribution in [2.75, 3.05) is 22.9 Å². The summed E-state index contributed by atoms with van der Waals surface area (Å²) in [4.78, 5) is 10.4. The molecule has 0 radical (unpaired) electrons. The van der Waals surface area contributed by atoms with Gasteiger partial charge in [0.15, 0.2) is 5.11 Å². The van der Waals surface area contributed by atoms with E-state index in [1.165, 1.54) is 11.3 Å². The van der Waals surface area contributed by atoms with Crippen molar-refractivity contribution in [3.05, 3.63) is 74.1 Å². The van der Waals surface area contributed by atoms with E-state index in [0.29, 0.717) is 16.9 Å². The lowest BCUT2D eigenvalue weighted by atomic mass is 9.91. The molecule has 2 aliphatic heterocycles. The van der Waals surface area contributed by atoms with E-state index in [9.17, 15) is 0 Å². The van der Waals surface area contributed by atoms with Gasteiger partial charge in [-0.2, -0.15) is 0 Å². The molecule has 0 spiro atoms. The van der Waals surface area contributed by atoms with Crippen LogP contribution in [0.2, 0.25) is 5.02 Å². The van der Waals surface area contributed by atoms with Crippen molar-refractivity contribution in [1.82, 2.24) is 10.3 Å². The van der Waals surface area contributed by atoms with Crippen molar-refractivity contribution >= 4 is 67.6 Å². The van der Waals surface area contributed by atoms with E-state index < -0.39 is 0 Å². The Morgan fingerprint density at radius 3 is 2.55 bits per heavy atom. The Kier molecular flexibility index (Phi) is 6.67. The van der Waals surface area contributed by atoms with Gasteiger partial charge in [-0.3, -0.25) is 4.98 Å². The molecule has 2 aliphatic rings. The third-order valence-electron chi connectivity index (χ3n) is 6.40. The Balaban J connectivity index is 1.51. The van der Waals surface area contributed by atoms with Crippen molar-refractivity contribution in [1.29, 1.82) is 0 Å². The summed E-state index contributed by atoms with van der Waals surface area (Å²) in [5.41, 5.74) is 3.07. The van der Waals surface area contributed by atoms with E-state index in [0.717, 1.165) is 39.0 Å². The normalized spacial score (nSPS) is 25.4. The molecule has 8 heteroatoms. The fourth-order valence-corrected chi connectivity index (χ4v) is 7.36. The number of nitrogens with one attached hydrogen (secondary N) is 1. The number of rotatable bonds is 4. The summed E-state index contributed by atoms with van der Waals surface area (Å²) in [6.45, 7) is 6.73. The molecule has 4 nitrogen and oxygen atoms in total. The van der Waals surface area contributed by atoms with E-state index in [2.05, 4.69) is 80.2 Å². The minimum absolute atomic E-state index is 0.0133. The number of thiophene rings is 1.